The monoisotopic (exact) mass is 320 g/mol. The number of alkyl halides is 1. The van der Waals surface area contributed by atoms with Crippen molar-refractivity contribution in [2.45, 2.75) is 19.8 Å². The number of aromatic nitrogens is 1. The number of anilines is 1. The first-order valence-corrected chi connectivity index (χ1v) is 7.11. The molecule has 1 heterocycles. The Morgan fingerprint density at radius 3 is 3.00 bits per heavy atom. The van der Waals surface area contributed by atoms with Crippen molar-refractivity contribution >= 4 is 44.3 Å². The quantitative estimate of drug-likeness (QED) is 0.642. The van der Waals surface area contributed by atoms with Gasteiger partial charge in [-0.3, -0.25) is 9.59 Å². The molecule has 0 unspecified atom stereocenters. The fourth-order valence-corrected chi connectivity index (χ4v) is 2.16. The second-order valence-electron chi connectivity index (χ2n) is 3.11. The van der Waals surface area contributed by atoms with E-state index in [4.69, 9.17) is 4.74 Å². The van der Waals surface area contributed by atoms with E-state index in [2.05, 4.69) is 26.2 Å². The maximum Gasteiger partial charge on any atom is 0.311 e. The van der Waals surface area contributed by atoms with Crippen molar-refractivity contribution in [3.8, 4) is 0 Å². The van der Waals surface area contributed by atoms with Crippen LogP contribution < -0.4 is 5.32 Å². The van der Waals surface area contributed by atoms with Crippen LogP contribution in [0.2, 0.25) is 0 Å². The van der Waals surface area contributed by atoms with E-state index in [1.165, 1.54) is 11.3 Å². The van der Waals surface area contributed by atoms with E-state index in [0.29, 0.717) is 29.2 Å². The molecule has 0 aliphatic rings. The zero-order valence-corrected chi connectivity index (χ0v) is 11.8. The third kappa shape index (κ3) is 5.27. The van der Waals surface area contributed by atoms with Crippen molar-refractivity contribution < 1.29 is 14.3 Å². The number of nitrogens with one attached hydrogen (secondary N) is 1. The average molecular weight is 321 g/mol. The summed E-state index contributed by atoms with van der Waals surface area (Å²) in [5.74, 6) is -0.407. The Labute approximate surface area is 112 Å². The van der Waals surface area contributed by atoms with Crippen molar-refractivity contribution in [3.63, 3.8) is 0 Å². The molecule has 1 amide bonds. The molecular formula is C10H13BrN2O3S. The second-order valence-corrected chi connectivity index (χ2v) is 4.76. The van der Waals surface area contributed by atoms with E-state index in [0.717, 1.165) is 0 Å². The first-order valence-electron chi connectivity index (χ1n) is 5.11. The standard InChI is InChI=1S/C10H13BrN2O3S/c1-2-16-9(15)5-7-6-17-10(12-7)13-8(14)3-4-11/h6H,2-5H2,1H3,(H,12,13,14). The number of amides is 1. The van der Waals surface area contributed by atoms with Crippen LogP contribution in [0.5, 0.6) is 0 Å². The third-order valence-electron chi connectivity index (χ3n) is 1.75. The smallest absolute Gasteiger partial charge is 0.311 e. The first kappa shape index (κ1) is 14.1. The molecule has 0 spiro atoms. The number of carbonyl (C=O) groups excluding carboxylic acids is 2. The fraction of sp³-hybridized carbons (Fsp3) is 0.500. The second kappa shape index (κ2) is 7.39. The van der Waals surface area contributed by atoms with E-state index < -0.39 is 0 Å². The highest BCUT2D eigenvalue weighted by molar-refractivity contribution is 9.09. The number of thiazole rings is 1. The number of ether oxygens (including phenoxy) is 1. The highest BCUT2D eigenvalue weighted by atomic mass is 79.9. The maximum absolute atomic E-state index is 11.3. The highest BCUT2D eigenvalue weighted by Crippen LogP contribution is 2.16. The van der Waals surface area contributed by atoms with Gasteiger partial charge in [0.05, 0.1) is 18.7 Å². The molecule has 5 nitrogen and oxygen atoms in total. The van der Waals surface area contributed by atoms with Gasteiger partial charge in [0.2, 0.25) is 5.91 Å². The predicted molar refractivity (Wildman–Crippen MR) is 69.5 cm³/mol. The lowest BCUT2D eigenvalue weighted by molar-refractivity contribution is -0.142. The number of halogens is 1. The molecule has 0 fully saturated rings. The van der Waals surface area contributed by atoms with Gasteiger partial charge in [-0.25, -0.2) is 4.98 Å². The zero-order valence-electron chi connectivity index (χ0n) is 9.36. The topological polar surface area (TPSA) is 68.3 Å². The number of carbonyl (C=O) groups is 2. The van der Waals surface area contributed by atoms with Crippen LogP contribution in [-0.4, -0.2) is 28.8 Å². The molecule has 1 N–H and O–H groups in total. The summed E-state index contributed by atoms with van der Waals surface area (Å²) in [6, 6.07) is 0. The molecule has 0 atom stereocenters. The van der Waals surface area contributed by atoms with Crippen LogP contribution >= 0.6 is 27.3 Å². The van der Waals surface area contributed by atoms with Crippen molar-refractivity contribution in [1.29, 1.82) is 0 Å². The largest absolute Gasteiger partial charge is 0.466 e. The van der Waals surface area contributed by atoms with Crippen LogP contribution in [0.4, 0.5) is 5.13 Å². The van der Waals surface area contributed by atoms with Crippen LogP contribution in [0.1, 0.15) is 19.0 Å². The Bertz CT molecular complexity index is 360. The molecule has 1 aromatic heterocycles. The number of esters is 1. The third-order valence-corrected chi connectivity index (χ3v) is 2.95. The molecule has 1 rings (SSSR count). The van der Waals surface area contributed by atoms with Gasteiger partial charge in [-0.2, -0.15) is 0 Å². The molecule has 0 radical (unpaired) electrons. The average Bonchev–Trinajstić information content (AvgIpc) is 2.66. The summed E-state index contributed by atoms with van der Waals surface area (Å²) in [4.78, 5) is 26.6. The Morgan fingerprint density at radius 1 is 1.59 bits per heavy atom. The summed E-state index contributed by atoms with van der Waals surface area (Å²) in [6.07, 6.45) is 0.533. The minimum atomic E-state index is -0.309. The lowest BCUT2D eigenvalue weighted by atomic mass is 10.3. The van der Waals surface area contributed by atoms with E-state index in [-0.39, 0.29) is 18.3 Å². The van der Waals surface area contributed by atoms with Gasteiger partial charge in [0.15, 0.2) is 5.13 Å². The molecule has 0 aliphatic heterocycles. The predicted octanol–water partition coefficient (Wildman–Crippen LogP) is 1.97. The molecule has 0 aliphatic carbocycles. The summed E-state index contributed by atoms with van der Waals surface area (Å²) in [5.41, 5.74) is 0.614. The molecular weight excluding hydrogens is 308 g/mol. The molecule has 1 aromatic rings. The van der Waals surface area contributed by atoms with Crippen LogP contribution in [0.25, 0.3) is 0 Å². The summed E-state index contributed by atoms with van der Waals surface area (Å²) < 4.78 is 4.81. The Hall–Kier alpha value is -0.950. The van der Waals surface area contributed by atoms with Crippen LogP contribution in [0, 0.1) is 0 Å². The van der Waals surface area contributed by atoms with Crippen molar-refractivity contribution in [1.82, 2.24) is 4.98 Å². The van der Waals surface area contributed by atoms with Crippen LogP contribution in [0.15, 0.2) is 5.38 Å². The SMILES string of the molecule is CCOC(=O)Cc1csc(NC(=O)CCBr)n1. The van der Waals surface area contributed by atoms with Crippen LogP contribution in [0.3, 0.4) is 0 Å². The first-order chi connectivity index (χ1) is 8.15. The van der Waals surface area contributed by atoms with Gasteiger partial charge in [0, 0.05) is 17.1 Å². The van der Waals surface area contributed by atoms with Gasteiger partial charge in [-0.1, -0.05) is 15.9 Å². The maximum atomic E-state index is 11.3. The van der Waals surface area contributed by atoms with Gasteiger partial charge in [-0.05, 0) is 6.92 Å². The molecule has 0 saturated heterocycles. The number of nitrogens with zero attached hydrogens (tertiary/aromatic N) is 1. The van der Waals surface area contributed by atoms with Crippen molar-refractivity contribution in [2.75, 3.05) is 17.3 Å². The molecule has 0 aromatic carbocycles. The van der Waals surface area contributed by atoms with Gasteiger partial charge >= 0.3 is 5.97 Å². The lowest BCUT2D eigenvalue weighted by Gasteiger charge is -1.99. The minimum Gasteiger partial charge on any atom is -0.466 e. The molecule has 7 heteroatoms. The van der Waals surface area contributed by atoms with Crippen LogP contribution in [-0.2, 0) is 20.7 Å². The van der Waals surface area contributed by atoms with Gasteiger partial charge in [0.25, 0.3) is 0 Å². The fourth-order valence-electron chi connectivity index (χ4n) is 1.07. The zero-order chi connectivity index (χ0) is 12.7. The molecule has 94 valence electrons. The summed E-state index contributed by atoms with van der Waals surface area (Å²) in [6.45, 7) is 2.11. The normalized spacial score (nSPS) is 10.0. The van der Waals surface area contributed by atoms with E-state index in [1.54, 1.807) is 12.3 Å². The lowest BCUT2D eigenvalue weighted by Crippen LogP contribution is -2.12. The summed E-state index contributed by atoms with van der Waals surface area (Å²) in [7, 11) is 0. The number of rotatable bonds is 6. The molecule has 0 saturated carbocycles. The Kier molecular flexibility index (Phi) is 6.13. The molecule has 0 bridgehead atoms. The van der Waals surface area contributed by atoms with E-state index in [9.17, 15) is 9.59 Å². The van der Waals surface area contributed by atoms with Crippen molar-refractivity contribution in [3.05, 3.63) is 11.1 Å². The summed E-state index contributed by atoms with van der Waals surface area (Å²) in [5, 5.41) is 5.51. The Morgan fingerprint density at radius 2 is 2.35 bits per heavy atom. The van der Waals surface area contributed by atoms with E-state index >= 15 is 0 Å². The Balaban J connectivity index is 2.47. The molecule has 17 heavy (non-hydrogen) atoms. The number of hydrogen-bond donors (Lipinski definition) is 1. The highest BCUT2D eigenvalue weighted by Gasteiger charge is 2.09. The van der Waals surface area contributed by atoms with Crippen molar-refractivity contribution in [2.24, 2.45) is 0 Å². The summed E-state index contributed by atoms with van der Waals surface area (Å²) >= 11 is 4.48. The minimum absolute atomic E-state index is 0.0982. The van der Waals surface area contributed by atoms with Gasteiger partial charge in [0.1, 0.15) is 0 Å². The number of hydrogen-bond acceptors (Lipinski definition) is 5. The van der Waals surface area contributed by atoms with Gasteiger partial charge < -0.3 is 10.1 Å². The van der Waals surface area contributed by atoms with E-state index in [1.807, 2.05) is 0 Å². The van der Waals surface area contributed by atoms with Gasteiger partial charge in [-0.15, -0.1) is 11.3 Å².